The lowest BCUT2D eigenvalue weighted by Gasteiger charge is -2.14. The lowest BCUT2D eigenvalue weighted by molar-refractivity contribution is -0.117. The van der Waals surface area contributed by atoms with Gasteiger partial charge in [0, 0.05) is 0 Å². The highest BCUT2D eigenvalue weighted by molar-refractivity contribution is 7.85. The highest BCUT2D eigenvalue weighted by Gasteiger charge is 2.38. The van der Waals surface area contributed by atoms with Crippen molar-refractivity contribution >= 4 is 33.1 Å². The fraction of sp³-hybridized carbons (Fsp3) is 0.211. The molecule has 1 unspecified atom stereocenters. The molecule has 1 heterocycles. The van der Waals surface area contributed by atoms with Gasteiger partial charge in [0.25, 0.3) is 16.0 Å². The summed E-state index contributed by atoms with van der Waals surface area (Å²) in [4.78, 5) is 12.6. The van der Waals surface area contributed by atoms with Crippen LogP contribution in [-0.4, -0.2) is 30.6 Å². The number of carbonyl (C=O) groups is 1. The maximum atomic E-state index is 12.8. The van der Waals surface area contributed by atoms with E-state index in [0.29, 0.717) is 16.9 Å². The Balaban J connectivity index is 1.95. The zero-order valence-electron chi connectivity index (χ0n) is 15.9. The zero-order valence-corrected chi connectivity index (χ0v) is 16.7. The smallest absolute Gasteiger partial charge is 0.282 e. The normalized spacial score (nSPS) is 16.9. The van der Waals surface area contributed by atoms with Gasteiger partial charge in [-0.05, 0) is 55.7 Å². The molecule has 0 aromatic heterocycles. The summed E-state index contributed by atoms with van der Waals surface area (Å²) in [5, 5.41) is 22.6. The number of hydrogen-bond acceptors (Lipinski definition) is 7. The zero-order chi connectivity index (χ0) is 21.3. The molecule has 2 aromatic rings. The van der Waals surface area contributed by atoms with Crippen molar-refractivity contribution in [2.45, 2.75) is 31.7 Å². The first kappa shape index (κ1) is 20.3. The minimum absolute atomic E-state index is 0.0917. The summed E-state index contributed by atoms with van der Waals surface area (Å²) in [5.74, 6) is -0.511. The Morgan fingerprint density at radius 3 is 2.45 bits per heavy atom. The van der Waals surface area contributed by atoms with E-state index in [-0.39, 0.29) is 16.2 Å². The van der Waals surface area contributed by atoms with Crippen LogP contribution in [0.1, 0.15) is 16.7 Å². The van der Waals surface area contributed by atoms with Crippen LogP contribution in [0.25, 0.3) is 0 Å². The Morgan fingerprint density at radius 1 is 1.14 bits per heavy atom. The number of azo groups is 1. The van der Waals surface area contributed by atoms with Gasteiger partial charge in [0.15, 0.2) is 5.71 Å². The van der Waals surface area contributed by atoms with Crippen LogP contribution < -0.4 is 5.01 Å². The molecule has 29 heavy (non-hydrogen) atoms. The lowest BCUT2D eigenvalue weighted by Crippen LogP contribution is -2.30. The fourth-order valence-corrected chi connectivity index (χ4v) is 3.68. The monoisotopic (exact) mass is 411 g/mol. The second kappa shape index (κ2) is 7.54. The van der Waals surface area contributed by atoms with Crippen molar-refractivity contribution in [3.05, 3.63) is 53.1 Å². The maximum Gasteiger partial charge on any atom is 0.294 e. The number of amides is 1. The van der Waals surface area contributed by atoms with Crippen molar-refractivity contribution < 1.29 is 17.8 Å². The van der Waals surface area contributed by atoms with Gasteiger partial charge < -0.3 is 0 Å². The first-order valence-corrected chi connectivity index (χ1v) is 9.95. The third-order valence-electron chi connectivity index (χ3n) is 4.42. The Morgan fingerprint density at radius 2 is 1.83 bits per heavy atom. The summed E-state index contributed by atoms with van der Waals surface area (Å²) in [6.45, 7) is 4.92. The van der Waals surface area contributed by atoms with Gasteiger partial charge in [0.05, 0.1) is 16.3 Å². The number of benzene rings is 2. The number of nitriles is 1. The number of rotatable bonds is 4. The number of hydrazone groups is 1. The summed E-state index contributed by atoms with van der Waals surface area (Å²) >= 11 is 0. The Kier molecular flexibility index (Phi) is 5.28. The first-order chi connectivity index (χ1) is 13.6. The standard InChI is InChI=1S/C19H17N5O4S/c1-11-6-4-5-7-16(11)24-19(25)18(15(10-20)23-24)22-21-14-8-13(3)17(9-12(14)2)29(26,27)28/h4-9,18H,1-3H3,(H,26,27,28). The van der Waals surface area contributed by atoms with Gasteiger partial charge in [0.2, 0.25) is 6.04 Å². The predicted molar refractivity (Wildman–Crippen MR) is 106 cm³/mol. The van der Waals surface area contributed by atoms with Crippen LogP contribution in [-0.2, 0) is 14.9 Å². The second-order valence-electron chi connectivity index (χ2n) is 6.53. The van der Waals surface area contributed by atoms with E-state index in [2.05, 4.69) is 15.3 Å². The summed E-state index contributed by atoms with van der Waals surface area (Å²) in [6.07, 6.45) is 0. The van der Waals surface area contributed by atoms with E-state index in [0.717, 1.165) is 10.6 Å². The molecule has 1 atom stereocenters. The molecule has 1 aliphatic rings. The molecule has 2 aromatic carbocycles. The number of hydrogen-bond donors (Lipinski definition) is 1. The highest BCUT2D eigenvalue weighted by Crippen LogP contribution is 2.29. The summed E-state index contributed by atoms with van der Waals surface area (Å²) < 4.78 is 32.1. The SMILES string of the molecule is Cc1cc(S(=O)(=O)O)c(C)cc1N=NC1C(=O)N(c2ccccc2C)N=C1C#N. The van der Waals surface area contributed by atoms with Crippen molar-refractivity contribution in [1.82, 2.24) is 0 Å². The third kappa shape index (κ3) is 3.91. The molecule has 0 fully saturated rings. The van der Waals surface area contributed by atoms with Gasteiger partial charge in [-0.3, -0.25) is 9.35 Å². The molecule has 1 N–H and O–H groups in total. The predicted octanol–water partition coefficient (Wildman–Crippen LogP) is 3.24. The van der Waals surface area contributed by atoms with Crippen LogP contribution in [0.5, 0.6) is 0 Å². The van der Waals surface area contributed by atoms with Crippen molar-refractivity contribution in [3.8, 4) is 6.07 Å². The fourth-order valence-electron chi connectivity index (χ4n) is 2.89. The third-order valence-corrected chi connectivity index (χ3v) is 5.42. The van der Waals surface area contributed by atoms with Crippen molar-refractivity contribution in [2.24, 2.45) is 15.3 Å². The molecule has 0 radical (unpaired) electrons. The van der Waals surface area contributed by atoms with E-state index < -0.39 is 22.1 Å². The summed E-state index contributed by atoms with van der Waals surface area (Å²) in [7, 11) is -4.36. The van der Waals surface area contributed by atoms with Gasteiger partial charge in [0.1, 0.15) is 6.07 Å². The largest absolute Gasteiger partial charge is 0.294 e. The summed E-state index contributed by atoms with van der Waals surface area (Å²) in [6, 6.07) is 10.5. The number of anilines is 1. The Hall–Kier alpha value is -3.42. The van der Waals surface area contributed by atoms with Crippen LogP contribution in [0.4, 0.5) is 11.4 Å². The molecule has 0 saturated carbocycles. The maximum absolute atomic E-state index is 12.8. The van der Waals surface area contributed by atoms with E-state index in [1.165, 1.54) is 19.1 Å². The lowest BCUT2D eigenvalue weighted by atomic mass is 10.1. The van der Waals surface area contributed by atoms with E-state index in [1.54, 1.807) is 19.1 Å². The van der Waals surface area contributed by atoms with Crippen LogP contribution >= 0.6 is 0 Å². The van der Waals surface area contributed by atoms with Crippen LogP contribution in [0.3, 0.4) is 0 Å². The molecule has 9 nitrogen and oxygen atoms in total. The van der Waals surface area contributed by atoms with Crippen molar-refractivity contribution in [2.75, 3.05) is 5.01 Å². The van der Waals surface area contributed by atoms with Gasteiger partial charge in [-0.1, -0.05) is 18.2 Å². The van der Waals surface area contributed by atoms with Crippen molar-refractivity contribution in [1.29, 1.82) is 5.26 Å². The van der Waals surface area contributed by atoms with Gasteiger partial charge >= 0.3 is 0 Å². The molecule has 1 aliphatic heterocycles. The molecular formula is C19H17N5O4S. The van der Waals surface area contributed by atoms with E-state index in [4.69, 9.17) is 0 Å². The number of nitrogens with zero attached hydrogens (tertiary/aromatic N) is 5. The molecule has 0 bridgehead atoms. The average Bonchev–Trinajstić information content (AvgIpc) is 2.97. The van der Waals surface area contributed by atoms with E-state index in [1.807, 2.05) is 25.1 Å². The minimum atomic E-state index is -4.36. The van der Waals surface area contributed by atoms with E-state index in [9.17, 15) is 23.0 Å². The van der Waals surface area contributed by atoms with E-state index >= 15 is 0 Å². The average molecular weight is 411 g/mol. The number of para-hydroxylation sites is 1. The number of aryl methyl sites for hydroxylation is 3. The molecule has 148 valence electrons. The topological polar surface area (TPSA) is 136 Å². The number of carbonyl (C=O) groups excluding carboxylic acids is 1. The quantitative estimate of drug-likeness (QED) is 0.608. The van der Waals surface area contributed by atoms with Crippen LogP contribution in [0.2, 0.25) is 0 Å². The Bertz CT molecular complexity index is 1210. The van der Waals surface area contributed by atoms with Crippen LogP contribution in [0, 0.1) is 32.1 Å². The van der Waals surface area contributed by atoms with Gasteiger partial charge in [-0.2, -0.15) is 34.0 Å². The minimum Gasteiger partial charge on any atom is -0.282 e. The molecule has 3 rings (SSSR count). The first-order valence-electron chi connectivity index (χ1n) is 8.51. The van der Waals surface area contributed by atoms with Gasteiger partial charge in [-0.15, -0.1) is 0 Å². The molecule has 0 spiro atoms. The Labute approximate surface area is 167 Å². The summed E-state index contributed by atoms with van der Waals surface area (Å²) in [5.41, 5.74) is 2.30. The highest BCUT2D eigenvalue weighted by atomic mass is 32.2. The molecular weight excluding hydrogens is 394 g/mol. The molecule has 1 amide bonds. The second-order valence-corrected chi connectivity index (χ2v) is 7.92. The molecule has 0 saturated heterocycles. The molecule has 0 aliphatic carbocycles. The molecule has 10 heteroatoms. The van der Waals surface area contributed by atoms with Crippen molar-refractivity contribution in [3.63, 3.8) is 0 Å². The van der Waals surface area contributed by atoms with Gasteiger partial charge in [-0.25, -0.2) is 0 Å². The van der Waals surface area contributed by atoms with Crippen LogP contribution in [0.15, 0.2) is 56.6 Å².